The molecule has 0 aliphatic carbocycles. The molecule has 0 saturated heterocycles. The molecule has 13 heteroatoms. The molecule has 3 aromatic heterocycles. The van der Waals surface area contributed by atoms with E-state index in [0.29, 0.717) is 27.3 Å². The van der Waals surface area contributed by atoms with Gasteiger partial charge >= 0.3 is 0 Å². The Hall–Kier alpha value is -4.57. The Morgan fingerprint density at radius 1 is 1.08 bits per heavy atom. The van der Waals surface area contributed by atoms with E-state index < -0.39 is 11.8 Å². The Labute approximate surface area is 223 Å². The summed E-state index contributed by atoms with van der Waals surface area (Å²) >= 11 is 8.18. The van der Waals surface area contributed by atoms with Crippen LogP contribution in [0.1, 0.15) is 17.2 Å². The Bertz CT molecular complexity index is 1780. The molecule has 0 saturated carbocycles. The molecule has 0 amide bonds. The van der Waals surface area contributed by atoms with Crippen molar-refractivity contribution in [3.05, 3.63) is 94.1 Å². The summed E-state index contributed by atoms with van der Waals surface area (Å²) in [6.07, 6.45) is 4.31. The fourth-order valence-electron chi connectivity index (χ4n) is 4.24. The van der Waals surface area contributed by atoms with Crippen molar-refractivity contribution < 1.29 is 8.78 Å². The SMILES string of the molecule is N#Cc1cnc2c(Cl)cc(N[C@H](C3=CNNN3)c3cccc4ncsc34)cc2c1Nc1cnc(F)c(F)c1. The fourth-order valence-corrected chi connectivity index (χ4v) is 5.34. The van der Waals surface area contributed by atoms with E-state index in [1.807, 2.05) is 18.2 Å². The first-order valence-corrected chi connectivity index (χ1v) is 12.4. The summed E-state index contributed by atoms with van der Waals surface area (Å²) in [7, 11) is 0. The van der Waals surface area contributed by atoms with Gasteiger partial charge in [-0.15, -0.1) is 11.3 Å². The Kier molecular flexibility index (Phi) is 6.09. The van der Waals surface area contributed by atoms with Gasteiger partial charge in [-0.1, -0.05) is 23.7 Å². The molecule has 4 heterocycles. The van der Waals surface area contributed by atoms with Crippen LogP contribution in [0, 0.1) is 23.1 Å². The summed E-state index contributed by atoms with van der Waals surface area (Å²) in [6, 6.07) is 12.1. The second kappa shape index (κ2) is 9.71. The quantitative estimate of drug-likeness (QED) is 0.178. The zero-order chi connectivity index (χ0) is 26.2. The molecule has 1 aliphatic rings. The van der Waals surface area contributed by atoms with Crippen molar-refractivity contribution in [1.29, 1.82) is 5.26 Å². The van der Waals surface area contributed by atoms with Crippen LogP contribution in [0.15, 0.2) is 66.2 Å². The lowest BCUT2D eigenvalue weighted by Crippen LogP contribution is -2.33. The number of aromatic nitrogens is 3. The van der Waals surface area contributed by atoms with Gasteiger partial charge in [0.1, 0.15) is 6.07 Å². The van der Waals surface area contributed by atoms with Crippen LogP contribution in [0.4, 0.5) is 25.8 Å². The maximum Gasteiger partial charge on any atom is 0.249 e. The number of nitrogens with one attached hydrogen (secondary N) is 5. The van der Waals surface area contributed by atoms with Crippen molar-refractivity contribution in [2.24, 2.45) is 0 Å². The third kappa shape index (κ3) is 4.28. The smallest absolute Gasteiger partial charge is 0.249 e. The molecular formula is C25H16ClF2N9S. The highest BCUT2D eigenvalue weighted by Gasteiger charge is 2.23. The van der Waals surface area contributed by atoms with Gasteiger partial charge in [-0.05, 0) is 23.8 Å². The number of rotatable bonds is 6. The minimum Gasteiger partial charge on any atom is -0.373 e. The lowest BCUT2D eigenvalue weighted by atomic mass is 10.0. The van der Waals surface area contributed by atoms with Crippen LogP contribution >= 0.6 is 22.9 Å². The summed E-state index contributed by atoms with van der Waals surface area (Å²) in [5.41, 5.74) is 15.1. The number of thiazole rings is 1. The van der Waals surface area contributed by atoms with Crippen molar-refractivity contribution in [3.63, 3.8) is 0 Å². The largest absolute Gasteiger partial charge is 0.373 e. The second-order valence-corrected chi connectivity index (χ2v) is 9.52. The van der Waals surface area contributed by atoms with Crippen LogP contribution in [0.3, 0.4) is 0 Å². The zero-order valence-corrected chi connectivity index (χ0v) is 20.8. The summed E-state index contributed by atoms with van der Waals surface area (Å²) in [5, 5.41) is 17.1. The van der Waals surface area contributed by atoms with E-state index >= 15 is 0 Å². The second-order valence-electron chi connectivity index (χ2n) is 8.25. The third-order valence-corrected chi connectivity index (χ3v) is 7.12. The predicted molar refractivity (Wildman–Crippen MR) is 142 cm³/mol. The normalized spacial score (nSPS) is 13.5. The van der Waals surface area contributed by atoms with E-state index in [0.717, 1.165) is 33.7 Å². The van der Waals surface area contributed by atoms with Crippen molar-refractivity contribution in [3.8, 4) is 6.07 Å². The van der Waals surface area contributed by atoms with Crippen LogP contribution in [0.2, 0.25) is 5.02 Å². The molecule has 1 atom stereocenters. The van der Waals surface area contributed by atoms with Crippen LogP contribution in [0.25, 0.3) is 21.1 Å². The van der Waals surface area contributed by atoms with Crippen LogP contribution in [0.5, 0.6) is 0 Å². The van der Waals surface area contributed by atoms with Crippen LogP contribution < -0.4 is 27.0 Å². The molecular weight excluding hydrogens is 532 g/mol. The summed E-state index contributed by atoms with van der Waals surface area (Å²) in [5.74, 6) is -2.34. The highest BCUT2D eigenvalue weighted by atomic mass is 35.5. The molecule has 2 aromatic carbocycles. The molecule has 0 unspecified atom stereocenters. The number of nitrogens with zero attached hydrogens (tertiary/aromatic N) is 4. The first-order chi connectivity index (χ1) is 18.5. The molecule has 0 radical (unpaired) electrons. The van der Waals surface area contributed by atoms with E-state index in [9.17, 15) is 14.0 Å². The number of nitriles is 1. The van der Waals surface area contributed by atoms with E-state index in [1.165, 1.54) is 17.5 Å². The topological polar surface area (TPSA) is 123 Å². The number of benzene rings is 2. The van der Waals surface area contributed by atoms with Crippen molar-refractivity contribution in [2.75, 3.05) is 10.6 Å². The van der Waals surface area contributed by atoms with E-state index in [-0.39, 0.29) is 17.3 Å². The van der Waals surface area contributed by atoms with Crippen molar-refractivity contribution in [1.82, 2.24) is 31.3 Å². The molecule has 0 fully saturated rings. The van der Waals surface area contributed by atoms with Gasteiger partial charge in [0.15, 0.2) is 5.82 Å². The molecule has 6 rings (SSSR count). The minimum atomic E-state index is -1.22. The highest BCUT2D eigenvalue weighted by molar-refractivity contribution is 7.17. The Morgan fingerprint density at radius 2 is 1.97 bits per heavy atom. The van der Waals surface area contributed by atoms with Gasteiger partial charge in [-0.2, -0.15) is 15.2 Å². The van der Waals surface area contributed by atoms with E-state index in [1.54, 1.807) is 23.8 Å². The van der Waals surface area contributed by atoms with Crippen LogP contribution in [-0.4, -0.2) is 15.0 Å². The Morgan fingerprint density at radius 3 is 2.76 bits per heavy atom. The maximum atomic E-state index is 13.8. The van der Waals surface area contributed by atoms with E-state index in [4.69, 9.17) is 11.6 Å². The molecule has 5 aromatic rings. The Balaban J connectivity index is 1.47. The first kappa shape index (κ1) is 23.8. The zero-order valence-electron chi connectivity index (χ0n) is 19.2. The minimum absolute atomic E-state index is 0.162. The average molecular weight is 548 g/mol. The van der Waals surface area contributed by atoms with Gasteiger partial charge in [0, 0.05) is 29.5 Å². The van der Waals surface area contributed by atoms with Crippen LogP contribution in [-0.2, 0) is 0 Å². The number of fused-ring (bicyclic) bond motifs is 2. The van der Waals surface area contributed by atoms with Gasteiger partial charge in [0.05, 0.1) is 61.1 Å². The number of hydrogen-bond acceptors (Lipinski definition) is 10. The van der Waals surface area contributed by atoms with Gasteiger partial charge in [0.2, 0.25) is 5.95 Å². The van der Waals surface area contributed by atoms with Gasteiger partial charge in [-0.3, -0.25) is 4.98 Å². The average Bonchev–Trinajstić information content (AvgIpc) is 3.62. The molecule has 9 nitrogen and oxygen atoms in total. The number of hydrogen-bond donors (Lipinski definition) is 5. The molecule has 5 N–H and O–H groups in total. The number of hydrazine groups is 2. The summed E-state index contributed by atoms with van der Waals surface area (Å²) in [4.78, 5) is 12.2. The number of anilines is 3. The van der Waals surface area contributed by atoms with E-state index in [2.05, 4.69) is 48.0 Å². The molecule has 0 spiro atoms. The standard InChI is InChI=1S/C25H16ClF2N9S/c26-17-5-13(34-23(20-10-33-37-36-20)15-2-1-3-19-24(15)38-11-32-19)4-16-21(12(7-29)8-30-22(16)17)35-14-6-18(27)25(28)31-9-14/h1-6,8-11,23,33-34,36-37H,(H,30,35)/t23-/m0/s1. The van der Waals surface area contributed by atoms with Gasteiger partial charge in [0.25, 0.3) is 0 Å². The number of pyridine rings is 2. The summed E-state index contributed by atoms with van der Waals surface area (Å²) in [6.45, 7) is 0. The third-order valence-electron chi connectivity index (χ3n) is 5.94. The predicted octanol–water partition coefficient (Wildman–Crippen LogP) is 5.39. The van der Waals surface area contributed by atoms with Crippen molar-refractivity contribution >= 4 is 61.1 Å². The van der Waals surface area contributed by atoms with Crippen molar-refractivity contribution in [2.45, 2.75) is 6.04 Å². The maximum absolute atomic E-state index is 13.8. The summed E-state index contributed by atoms with van der Waals surface area (Å²) < 4.78 is 28.2. The molecule has 0 bridgehead atoms. The fraction of sp³-hybridized carbons (Fsp3) is 0.0400. The molecule has 38 heavy (non-hydrogen) atoms. The van der Waals surface area contributed by atoms with Gasteiger partial charge in [-0.25, -0.2) is 14.4 Å². The van der Waals surface area contributed by atoms with Gasteiger partial charge < -0.3 is 21.5 Å². The lowest BCUT2D eigenvalue weighted by Gasteiger charge is -2.23. The molecule has 188 valence electrons. The number of halogens is 3. The molecule has 1 aliphatic heterocycles. The first-order valence-electron chi connectivity index (χ1n) is 11.2. The monoisotopic (exact) mass is 547 g/mol. The highest BCUT2D eigenvalue weighted by Crippen LogP contribution is 2.38. The lowest BCUT2D eigenvalue weighted by molar-refractivity contribution is 0.480.